The summed E-state index contributed by atoms with van der Waals surface area (Å²) in [7, 11) is 0. The van der Waals surface area contributed by atoms with Gasteiger partial charge >= 0.3 is 5.91 Å². The van der Waals surface area contributed by atoms with Crippen LogP contribution in [0.25, 0.3) is 16.0 Å². The molecule has 1 saturated heterocycles. The zero-order valence-corrected chi connectivity index (χ0v) is 21.3. The van der Waals surface area contributed by atoms with Gasteiger partial charge in [-0.25, -0.2) is 13.8 Å². The van der Waals surface area contributed by atoms with Gasteiger partial charge in [-0.05, 0) is 43.5 Å². The molecule has 1 aliphatic heterocycles. The molecule has 190 valence electrons. The number of anilines is 1. The zero-order chi connectivity index (χ0) is 26.3. The van der Waals surface area contributed by atoms with E-state index in [0.29, 0.717) is 23.3 Å². The number of aliphatic hydroxyl groups excluding tert-OH is 1. The molecule has 5 rings (SSSR count). The van der Waals surface area contributed by atoms with Gasteiger partial charge in [0, 0.05) is 17.0 Å². The van der Waals surface area contributed by atoms with Crippen molar-refractivity contribution in [1.29, 1.82) is 0 Å². The van der Waals surface area contributed by atoms with Gasteiger partial charge in [0.2, 0.25) is 0 Å². The van der Waals surface area contributed by atoms with E-state index in [4.69, 9.17) is 9.47 Å². The molecule has 1 atom stereocenters. The van der Waals surface area contributed by atoms with Crippen molar-refractivity contribution < 1.29 is 33.0 Å². The smallest absolute Gasteiger partial charge is 0.301 e. The minimum absolute atomic E-state index is 0.00998. The van der Waals surface area contributed by atoms with Crippen LogP contribution in [0, 0.1) is 11.6 Å². The molecule has 0 saturated carbocycles. The number of amides is 1. The maximum Gasteiger partial charge on any atom is 0.301 e. The van der Waals surface area contributed by atoms with Gasteiger partial charge in [0.05, 0.1) is 29.1 Å². The van der Waals surface area contributed by atoms with E-state index in [-0.39, 0.29) is 38.8 Å². The molecule has 3 heterocycles. The molecule has 2 aromatic heterocycles. The van der Waals surface area contributed by atoms with Crippen LogP contribution in [-0.2, 0) is 9.59 Å². The first kappa shape index (κ1) is 24.8. The Morgan fingerprint density at radius 1 is 1.11 bits per heavy atom. The molecule has 2 aromatic carbocycles. The number of ketones is 1. The van der Waals surface area contributed by atoms with Crippen LogP contribution in [0.2, 0.25) is 0 Å². The van der Waals surface area contributed by atoms with Crippen LogP contribution in [0.1, 0.15) is 30.3 Å². The molecule has 0 bridgehead atoms. The zero-order valence-electron chi connectivity index (χ0n) is 19.7. The fourth-order valence-corrected chi connectivity index (χ4v) is 6.02. The van der Waals surface area contributed by atoms with E-state index in [1.807, 2.05) is 6.92 Å². The molecule has 0 aliphatic carbocycles. The van der Waals surface area contributed by atoms with E-state index in [9.17, 15) is 23.5 Å². The number of benzene rings is 2. The normalized spacial score (nSPS) is 17.1. The summed E-state index contributed by atoms with van der Waals surface area (Å²) in [5, 5.41) is 13.2. The Bertz CT molecular complexity index is 1550. The lowest BCUT2D eigenvalue weighted by atomic mass is 9.99. The van der Waals surface area contributed by atoms with Crippen molar-refractivity contribution in [3.8, 4) is 11.5 Å². The number of hydrogen-bond acceptors (Lipinski definition) is 8. The number of ether oxygens (including phenoxy) is 2. The van der Waals surface area contributed by atoms with Crippen LogP contribution in [0.4, 0.5) is 13.9 Å². The summed E-state index contributed by atoms with van der Waals surface area (Å²) in [5.74, 6) is -3.17. The first-order valence-corrected chi connectivity index (χ1v) is 13.0. The first-order valence-electron chi connectivity index (χ1n) is 11.3. The lowest BCUT2D eigenvalue weighted by Gasteiger charge is -2.21. The molecule has 1 aliphatic rings. The van der Waals surface area contributed by atoms with E-state index in [1.165, 1.54) is 11.3 Å². The fourth-order valence-electron chi connectivity index (χ4n) is 4.17. The van der Waals surface area contributed by atoms with Gasteiger partial charge < -0.3 is 14.6 Å². The summed E-state index contributed by atoms with van der Waals surface area (Å²) in [4.78, 5) is 32.6. The van der Waals surface area contributed by atoms with Crippen LogP contribution in [0.15, 0.2) is 53.4 Å². The third kappa shape index (κ3) is 4.34. The molecular formula is C26H20F2N2O5S2. The number of rotatable bonds is 7. The molecule has 1 unspecified atom stereocenters. The minimum atomic E-state index is -1.03. The maximum atomic E-state index is 14.4. The van der Waals surface area contributed by atoms with Crippen molar-refractivity contribution in [1.82, 2.24) is 4.98 Å². The summed E-state index contributed by atoms with van der Waals surface area (Å²) in [6.07, 6.45) is 0. The third-order valence-electron chi connectivity index (χ3n) is 5.68. The second-order valence-electron chi connectivity index (χ2n) is 7.94. The molecule has 0 spiro atoms. The van der Waals surface area contributed by atoms with Crippen LogP contribution in [-0.4, -0.2) is 35.0 Å². The number of aliphatic hydroxyl groups is 1. The quantitative estimate of drug-likeness (QED) is 0.174. The second kappa shape index (κ2) is 9.91. The highest BCUT2D eigenvalue weighted by atomic mass is 32.1. The number of thiazole rings is 1. The Labute approximate surface area is 218 Å². The maximum absolute atomic E-state index is 14.4. The van der Waals surface area contributed by atoms with Gasteiger partial charge in [0.1, 0.15) is 34.6 Å². The predicted octanol–water partition coefficient (Wildman–Crippen LogP) is 6.06. The number of Topliss-reactive ketones (excluding diaryl/α,β-unsaturated/α-hetero) is 1. The first-order chi connectivity index (χ1) is 17.8. The van der Waals surface area contributed by atoms with Crippen molar-refractivity contribution >= 4 is 55.5 Å². The lowest BCUT2D eigenvalue weighted by molar-refractivity contribution is -0.132. The van der Waals surface area contributed by atoms with Gasteiger partial charge in [-0.2, -0.15) is 0 Å². The predicted molar refractivity (Wildman–Crippen MR) is 137 cm³/mol. The molecule has 37 heavy (non-hydrogen) atoms. The number of aromatic nitrogens is 1. The summed E-state index contributed by atoms with van der Waals surface area (Å²) in [6, 6.07) is 9.04. The van der Waals surface area contributed by atoms with E-state index >= 15 is 0 Å². The molecule has 1 fully saturated rings. The summed E-state index contributed by atoms with van der Waals surface area (Å²) in [6.45, 7) is 4.31. The highest BCUT2D eigenvalue weighted by Gasteiger charge is 2.49. The SMILES string of the molecule is CCOc1ccc(/C(O)=C2\C(=O)C(=O)N(c3nc4c(F)cc(F)cc4s3)C2c2cccs2)c(OCC)c1. The van der Waals surface area contributed by atoms with Crippen molar-refractivity contribution in [3.05, 3.63) is 75.5 Å². The summed E-state index contributed by atoms with van der Waals surface area (Å²) in [5.41, 5.74) is -0.0656. The molecule has 7 nitrogen and oxygen atoms in total. The fraction of sp³-hybridized carbons (Fsp3) is 0.192. The average molecular weight is 543 g/mol. The molecule has 11 heteroatoms. The van der Waals surface area contributed by atoms with E-state index in [1.54, 1.807) is 42.6 Å². The topological polar surface area (TPSA) is 89.0 Å². The second-order valence-corrected chi connectivity index (χ2v) is 9.93. The van der Waals surface area contributed by atoms with Crippen molar-refractivity contribution in [2.45, 2.75) is 19.9 Å². The van der Waals surface area contributed by atoms with Crippen molar-refractivity contribution in [2.24, 2.45) is 0 Å². The Morgan fingerprint density at radius 3 is 2.59 bits per heavy atom. The van der Waals surface area contributed by atoms with Crippen LogP contribution >= 0.6 is 22.7 Å². The monoisotopic (exact) mass is 542 g/mol. The molecule has 1 amide bonds. The van der Waals surface area contributed by atoms with Gasteiger partial charge in [0.15, 0.2) is 10.9 Å². The standard InChI is InChI=1S/C26H20F2N2O5S2/c1-3-34-14-7-8-15(17(12-14)35-4-2)23(31)20-22(18-6-5-9-36-18)30(25(33)24(20)32)26-29-21-16(28)10-13(27)11-19(21)37-26/h5-12,22,31H,3-4H2,1-2H3/b23-20+. The molecular weight excluding hydrogens is 522 g/mol. The van der Waals surface area contributed by atoms with Gasteiger partial charge in [-0.1, -0.05) is 17.4 Å². The number of nitrogens with zero attached hydrogens (tertiary/aromatic N) is 2. The number of thiophene rings is 1. The van der Waals surface area contributed by atoms with Gasteiger partial charge in [0.25, 0.3) is 5.78 Å². The summed E-state index contributed by atoms with van der Waals surface area (Å²) < 4.78 is 39.6. The Balaban J connectivity index is 1.70. The number of hydrogen-bond donors (Lipinski definition) is 1. The largest absolute Gasteiger partial charge is 0.507 e. The highest BCUT2D eigenvalue weighted by molar-refractivity contribution is 7.22. The van der Waals surface area contributed by atoms with Crippen LogP contribution in [0.5, 0.6) is 11.5 Å². The van der Waals surface area contributed by atoms with Gasteiger partial charge in [-0.3, -0.25) is 14.5 Å². The molecule has 4 aromatic rings. The average Bonchev–Trinajstić information content (AvgIpc) is 3.58. The molecule has 0 radical (unpaired) electrons. The number of carbonyl (C=O) groups excluding carboxylic acids is 2. The minimum Gasteiger partial charge on any atom is -0.507 e. The number of carbonyl (C=O) groups is 2. The third-order valence-corrected chi connectivity index (χ3v) is 7.61. The van der Waals surface area contributed by atoms with Crippen LogP contribution in [0.3, 0.4) is 0 Å². The Kier molecular flexibility index (Phi) is 6.65. The van der Waals surface area contributed by atoms with Crippen molar-refractivity contribution in [3.63, 3.8) is 0 Å². The number of halogens is 2. The van der Waals surface area contributed by atoms with Crippen molar-refractivity contribution in [2.75, 3.05) is 18.1 Å². The molecule has 1 N–H and O–H groups in total. The Morgan fingerprint density at radius 2 is 1.89 bits per heavy atom. The summed E-state index contributed by atoms with van der Waals surface area (Å²) >= 11 is 2.15. The van der Waals surface area contributed by atoms with Crippen LogP contribution < -0.4 is 14.4 Å². The number of fused-ring (bicyclic) bond motifs is 1. The van der Waals surface area contributed by atoms with E-state index < -0.39 is 35.1 Å². The lowest BCUT2D eigenvalue weighted by Crippen LogP contribution is -2.28. The highest BCUT2D eigenvalue weighted by Crippen LogP contribution is 2.46. The van der Waals surface area contributed by atoms with E-state index in [2.05, 4.69) is 4.98 Å². The Hall–Kier alpha value is -3.83. The van der Waals surface area contributed by atoms with Gasteiger partial charge in [-0.15, -0.1) is 11.3 Å². The van der Waals surface area contributed by atoms with E-state index in [0.717, 1.165) is 22.3 Å².